The van der Waals surface area contributed by atoms with Crippen LogP contribution < -0.4 is 20.9 Å². The third kappa shape index (κ3) is 4.71. The van der Waals surface area contributed by atoms with Crippen molar-refractivity contribution in [1.29, 1.82) is 0 Å². The number of nitrogens with one attached hydrogen (secondary N) is 3. The molecule has 1 aliphatic heterocycles. The molecule has 2 aromatic carbocycles. The van der Waals surface area contributed by atoms with E-state index in [1.807, 2.05) is 0 Å². The lowest BCUT2D eigenvalue weighted by Crippen LogP contribution is -2.47. The van der Waals surface area contributed by atoms with Crippen LogP contribution in [0.2, 0.25) is 0 Å². The Morgan fingerprint density at radius 1 is 1.10 bits per heavy atom. The Hall–Kier alpha value is -3.42. The summed E-state index contributed by atoms with van der Waals surface area (Å²) >= 11 is 0. The summed E-state index contributed by atoms with van der Waals surface area (Å²) in [7, 11) is 0. The first-order valence-corrected chi connectivity index (χ1v) is 9.38. The molecule has 1 heterocycles. The SMILES string of the molecule is CC(C)[C@H](NC(=O)c1ccccc1F)C(=O)Nc1ccc(N2CCNC2=O)cc1. The minimum absolute atomic E-state index is 0.112. The van der Waals surface area contributed by atoms with Crippen molar-refractivity contribution in [2.45, 2.75) is 19.9 Å². The topological polar surface area (TPSA) is 90.5 Å². The van der Waals surface area contributed by atoms with Crippen LogP contribution in [0.5, 0.6) is 0 Å². The van der Waals surface area contributed by atoms with E-state index in [0.29, 0.717) is 18.8 Å². The molecule has 29 heavy (non-hydrogen) atoms. The summed E-state index contributed by atoms with van der Waals surface area (Å²) in [6, 6.07) is 11.5. The fourth-order valence-corrected chi connectivity index (χ4v) is 3.06. The van der Waals surface area contributed by atoms with Crippen LogP contribution in [0.4, 0.5) is 20.6 Å². The second kappa shape index (κ2) is 8.72. The molecule has 0 aromatic heterocycles. The number of amides is 4. The summed E-state index contributed by atoms with van der Waals surface area (Å²) in [6.45, 7) is 4.76. The summed E-state index contributed by atoms with van der Waals surface area (Å²) in [5.74, 6) is -1.91. The molecule has 0 spiro atoms. The van der Waals surface area contributed by atoms with Gasteiger partial charge in [-0.05, 0) is 42.3 Å². The Balaban J connectivity index is 1.67. The molecule has 3 N–H and O–H groups in total. The zero-order chi connectivity index (χ0) is 21.0. The highest BCUT2D eigenvalue weighted by molar-refractivity contribution is 6.01. The lowest BCUT2D eigenvalue weighted by atomic mass is 10.0. The van der Waals surface area contributed by atoms with Crippen LogP contribution >= 0.6 is 0 Å². The average molecular weight is 398 g/mol. The summed E-state index contributed by atoms with van der Waals surface area (Å²) in [4.78, 5) is 38.4. The molecule has 1 aliphatic rings. The van der Waals surface area contributed by atoms with Gasteiger partial charge in [0.25, 0.3) is 5.91 Å². The zero-order valence-electron chi connectivity index (χ0n) is 16.2. The van der Waals surface area contributed by atoms with Crippen LogP contribution in [0.15, 0.2) is 48.5 Å². The molecule has 1 saturated heterocycles. The second-order valence-electron chi connectivity index (χ2n) is 7.09. The molecule has 0 saturated carbocycles. The van der Waals surface area contributed by atoms with E-state index < -0.39 is 23.7 Å². The van der Waals surface area contributed by atoms with Crippen LogP contribution in [0.25, 0.3) is 0 Å². The van der Waals surface area contributed by atoms with Crippen molar-refractivity contribution < 1.29 is 18.8 Å². The average Bonchev–Trinajstić information content (AvgIpc) is 3.12. The highest BCUT2D eigenvalue weighted by atomic mass is 19.1. The number of carbonyl (C=O) groups excluding carboxylic acids is 3. The van der Waals surface area contributed by atoms with Gasteiger partial charge in [0.15, 0.2) is 0 Å². The number of nitrogens with zero attached hydrogens (tertiary/aromatic N) is 1. The van der Waals surface area contributed by atoms with Gasteiger partial charge in [0, 0.05) is 24.5 Å². The smallest absolute Gasteiger partial charge is 0.321 e. The van der Waals surface area contributed by atoms with E-state index in [1.165, 1.54) is 18.2 Å². The Bertz CT molecular complexity index is 914. The number of hydrogen-bond acceptors (Lipinski definition) is 3. The maximum Gasteiger partial charge on any atom is 0.321 e. The van der Waals surface area contributed by atoms with Crippen molar-refractivity contribution in [2.75, 3.05) is 23.3 Å². The molecule has 8 heteroatoms. The van der Waals surface area contributed by atoms with Crippen LogP contribution in [-0.4, -0.2) is 37.0 Å². The van der Waals surface area contributed by atoms with Gasteiger partial charge < -0.3 is 16.0 Å². The lowest BCUT2D eigenvalue weighted by molar-refractivity contribution is -0.118. The second-order valence-corrected chi connectivity index (χ2v) is 7.09. The van der Waals surface area contributed by atoms with E-state index in [0.717, 1.165) is 5.69 Å². The summed E-state index contributed by atoms with van der Waals surface area (Å²) in [5, 5.41) is 8.09. The maximum absolute atomic E-state index is 13.8. The molecule has 0 radical (unpaired) electrons. The van der Waals surface area contributed by atoms with Gasteiger partial charge in [-0.1, -0.05) is 26.0 Å². The molecule has 2 aromatic rings. The van der Waals surface area contributed by atoms with Gasteiger partial charge in [-0.25, -0.2) is 9.18 Å². The predicted octanol–water partition coefficient (Wildman–Crippen LogP) is 2.75. The summed E-state index contributed by atoms with van der Waals surface area (Å²) < 4.78 is 13.8. The van der Waals surface area contributed by atoms with Crippen molar-refractivity contribution >= 4 is 29.2 Å². The highest BCUT2D eigenvalue weighted by Crippen LogP contribution is 2.20. The fourth-order valence-electron chi connectivity index (χ4n) is 3.06. The van der Waals surface area contributed by atoms with E-state index in [1.54, 1.807) is 49.1 Å². The van der Waals surface area contributed by atoms with Crippen molar-refractivity contribution in [3.8, 4) is 0 Å². The lowest BCUT2D eigenvalue weighted by Gasteiger charge is -2.22. The molecule has 0 aliphatic carbocycles. The fraction of sp³-hybridized carbons (Fsp3) is 0.286. The number of benzene rings is 2. The van der Waals surface area contributed by atoms with Gasteiger partial charge in [0.2, 0.25) is 5.91 Å². The molecule has 1 fully saturated rings. The Morgan fingerprint density at radius 3 is 2.38 bits per heavy atom. The van der Waals surface area contributed by atoms with E-state index >= 15 is 0 Å². The van der Waals surface area contributed by atoms with Crippen LogP contribution in [0.1, 0.15) is 24.2 Å². The number of hydrogen-bond donors (Lipinski definition) is 3. The van der Waals surface area contributed by atoms with Crippen LogP contribution in [-0.2, 0) is 4.79 Å². The molecule has 152 valence electrons. The number of urea groups is 1. The summed E-state index contributed by atoms with van der Waals surface area (Å²) in [6.07, 6.45) is 0. The molecular formula is C21H23FN4O3. The summed E-state index contributed by atoms with van der Waals surface area (Å²) in [5.41, 5.74) is 1.15. The number of anilines is 2. The number of halogens is 1. The van der Waals surface area contributed by atoms with Crippen LogP contribution in [0, 0.1) is 11.7 Å². The minimum atomic E-state index is -0.842. The van der Waals surface area contributed by atoms with Crippen molar-refractivity contribution in [3.05, 3.63) is 59.9 Å². The van der Waals surface area contributed by atoms with Crippen molar-refractivity contribution in [2.24, 2.45) is 5.92 Å². The molecule has 1 atom stereocenters. The highest BCUT2D eigenvalue weighted by Gasteiger charge is 2.26. The van der Waals surface area contributed by atoms with Gasteiger partial charge >= 0.3 is 6.03 Å². The standard InChI is InChI=1S/C21H23FN4O3/c1-13(2)18(25-19(27)16-5-3-4-6-17(16)22)20(28)24-14-7-9-15(10-8-14)26-12-11-23-21(26)29/h3-10,13,18H,11-12H2,1-2H3,(H,23,29)(H,24,28)(H,25,27)/t18-/m0/s1. The Kier molecular flexibility index (Phi) is 6.11. The molecule has 4 amide bonds. The first-order valence-electron chi connectivity index (χ1n) is 9.38. The first kappa shape index (κ1) is 20.3. The van der Waals surface area contributed by atoms with Crippen LogP contribution in [0.3, 0.4) is 0 Å². The Morgan fingerprint density at radius 2 is 1.79 bits per heavy atom. The molecule has 0 bridgehead atoms. The first-order chi connectivity index (χ1) is 13.9. The van der Waals surface area contributed by atoms with E-state index in [-0.39, 0.29) is 17.5 Å². The Labute approximate surface area is 168 Å². The van der Waals surface area contributed by atoms with Crippen molar-refractivity contribution in [1.82, 2.24) is 10.6 Å². The van der Waals surface area contributed by atoms with Gasteiger partial charge in [-0.15, -0.1) is 0 Å². The third-order valence-electron chi connectivity index (χ3n) is 4.66. The van der Waals surface area contributed by atoms with E-state index in [4.69, 9.17) is 0 Å². The van der Waals surface area contributed by atoms with Gasteiger partial charge in [0.05, 0.1) is 5.56 Å². The third-order valence-corrected chi connectivity index (χ3v) is 4.66. The molecular weight excluding hydrogens is 375 g/mol. The van der Waals surface area contributed by atoms with E-state index in [9.17, 15) is 18.8 Å². The normalized spacial score (nSPS) is 14.5. The predicted molar refractivity (Wildman–Crippen MR) is 108 cm³/mol. The van der Waals surface area contributed by atoms with E-state index in [2.05, 4.69) is 16.0 Å². The van der Waals surface area contributed by atoms with Gasteiger partial charge in [0.1, 0.15) is 11.9 Å². The number of carbonyl (C=O) groups is 3. The minimum Gasteiger partial charge on any atom is -0.340 e. The maximum atomic E-state index is 13.8. The van der Waals surface area contributed by atoms with Gasteiger partial charge in [-0.3, -0.25) is 14.5 Å². The molecule has 0 unspecified atom stereocenters. The largest absolute Gasteiger partial charge is 0.340 e. The van der Waals surface area contributed by atoms with Crippen molar-refractivity contribution in [3.63, 3.8) is 0 Å². The quantitative estimate of drug-likeness (QED) is 0.699. The monoisotopic (exact) mass is 398 g/mol. The van der Waals surface area contributed by atoms with Gasteiger partial charge in [-0.2, -0.15) is 0 Å². The zero-order valence-corrected chi connectivity index (χ0v) is 16.2. The molecule has 7 nitrogen and oxygen atoms in total. The molecule has 3 rings (SSSR count). The number of rotatable bonds is 6.